The second-order valence-corrected chi connectivity index (χ2v) is 4.32. The Bertz CT molecular complexity index is 355. The number of hydrogen-bond donors (Lipinski definition) is 0. The third-order valence-corrected chi connectivity index (χ3v) is 2.58. The third kappa shape index (κ3) is 3.13. The molecule has 1 rings (SSSR count). The number of halogens is 1. The third-order valence-electron chi connectivity index (χ3n) is 2.09. The first kappa shape index (κ1) is 11.2. The Hall–Kier alpha value is -0.850. The van der Waals surface area contributed by atoms with Crippen LogP contribution in [-0.4, -0.2) is 18.5 Å². The summed E-state index contributed by atoms with van der Waals surface area (Å²) >= 11 is 3.43. The highest BCUT2D eigenvalue weighted by atomic mass is 79.9. The van der Waals surface area contributed by atoms with E-state index < -0.39 is 0 Å². The van der Waals surface area contributed by atoms with Crippen LogP contribution < -0.4 is 0 Å². The topological polar surface area (TPSA) is 27.0 Å². The summed E-state index contributed by atoms with van der Waals surface area (Å²) in [5, 5.41) is 8.53. The maximum absolute atomic E-state index is 8.53. The smallest absolute Gasteiger partial charge is 0.0866 e. The second kappa shape index (κ2) is 5.14. The molecule has 0 aliphatic rings. The van der Waals surface area contributed by atoms with Crippen LogP contribution in [-0.2, 0) is 6.54 Å². The van der Waals surface area contributed by atoms with E-state index in [1.807, 2.05) is 18.0 Å². The standard InChI is InChI=1S/C11H13BrN2/c1-9-7-11(12)4-3-10(9)8-14(2)6-5-13/h3-4,7H,6,8H2,1-2H3. The van der Waals surface area contributed by atoms with Crippen LogP contribution in [0, 0.1) is 18.3 Å². The molecule has 1 aromatic rings. The molecule has 0 atom stereocenters. The maximum atomic E-state index is 8.53. The van der Waals surface area contributed by atoms with Gasteiger partial charge in [0.05, 0.1) is 12.6 Å². The minimum Gasteiger partial charge on any atom is -0.289 e. The molecule has 0 heterocycles. The summed E-state index contributed by atoms with van der Waals surface area (Å²) in [5.74, 6) is 0. The molecule has 0 N–H and O–H groups in total. The van der Waals surface area contributed by atoms with Crippen molar-refractivity contribution in [1.82, 2.24) is 4.90 Å². The zero-order valence-corrected chi connectivity index (χ0v) is 10.0. The normalized spacial score (nSPS) is 10.2. The average molecular weight is 253 g/mol. The number of benzene rings is 1. The predicted molar refractivity (Wildman–Crippen MR) is 60.8 cm³/mol. The van der Waals surface area contributed by atoms with Gasteiger partial charge in [-0.05, 0) is 37.2 Å². The molecule has 0 spiro atoms. The molecule has 1 aromatic carbocycles. The fourth-order valence-corrected chi connectivity index (χ4v) is 1.78. The van der Waals surface area contributed by atoms with Crippen molar-refractivity contribution in [3.05, 3.63) is 33.8 Å². The van der Waals surface area contributed by atoms with Gasteiger partial charge in [-0.15, -0.1) is 0 Å². The molecule has 0 amide bonds. The van der Waals surface area contributed by atoms with Gasteiger partial charge in [0.1, 0.15) is 0 Å². The number of nitrogens with zero attached hydrogens (tertiary/aromatic N) is 2. The first-order chi connectivity index (χ1) is 6.63. The molecular weight excluding hydrogens is 240 g/mol. The Morgan fingerprint density at radius 1 is 1.50 bits per heavy atom. The van der Waals surface area contributed by atoms with Crippen LogP contribution in [0.15, 0.2) is 22.7 Å². The first-order valence-corrected chi connectivity index (χ1v) is 5.23. The Morgan fingerprint density at radius 3 is 2.79 bits per heavy atom. The summed E-state index contributed by atoms with van der Waals surface area (Å²) in [4.78, 5) is 2.00. The Morgan fingerprint density at radius 2 is 2.21 bits per heavy atom. The second-order valence-electron chi connectivity index (χ2n) is 3.40. The molecule has 0 saturated carbocycles. The summed E-state index contributed by atoms with van der Waals surface area (Å²) in [5.41, 5.74) is 2.52. The van der Waals surface area contributed by atoms with Crippen LogP contribution in [0.25, 0.3) is 0 Å². The van der Waals surface area contributed by atoms with E-state index in [4.69, 9.17) is 5.26 Å². The Balaban J connectivity index is 2.73. The van der Waals surface area contributed by atoms with Crippen LogP contribution in [0.1, 0.15) is 11.1 Å². The highest BCUT2D eigenvalue weighted by Gasteiger charge is 2.02. The van der Waals surface area contributed by atoms with Crippen LogP contribution in [0.2, 0.25) is 0 Å². The lowest BCUT2D eigenvalue weighted by Gasteiger charge is -2.14. The first-order valence-electron chi connectivity index (χ1n) is 4.44. The summed E-state index contributed by atoms with van der Waals surface area (Å²) < 4.78 is 1.10. The molecule has 0 unspecified atom stereocenters. The van der Waals surface area contributed by atoms with Gasteiger partial charge < -0.3 is 0 Å². The van der Waals surface area contributed by atoms with Crippen LogP contribution in [0.4, 0.5) is 0 Å². The molecule has 0 fully saturated rings. The van der Waals surface area contributed by atoms with Crippen molar-refractivity contribution >= 4 is 15.9 Å². The van der Waals surface area contributed by atoms with Crippen LogP contribution in [0.3, 0.4) is 0 Å². The van der Waals surface area contributed by atoms with Gasteiger partial charge in [-0.3, -0.25) is 4.90 Å². The monoisotopic (exact) mass is 252 g/mol. The van der Waals surface area contributed by atoms with E-state index in [9.17, 15) is 0 Å². The highest BCUT2D eigenvalue weighted by molar-refractivity contribution is 9.10. The Kier molecular flexibility index (Phi) is 4.12. The van der Waals surface area contributed by atoms with Gasteiger partial charge in [0.2, 0.25) is 0 Å². The lowest BCUT2D eigenvalue weighted by Crippen LogP contribution is -2.18. The maximum Gasteiger partial charge on any atom is 0.0866 e. The van der Waals surface area contributed by atoms with Gasteiger partial charge in [-0.1, -0.05) is 22.0 Å². The van der Waals surface area contributed by atoms with Gasteiger partial charge in [-0.25, -0.2) is 0 Å². The molecule has 0 aliphatic carbocycles. The van der Waals surface area contributed by atoms with Crippen molar-refractivity contribution < 1.29 is 0 Å². The number of nitriles is 1. The zero-order chi connectivity index (χ0) is 10.6. The van der Waals surface area contributed by atoms with Crippen molar-refractivity contribution in [2.24, 2.45) is 0 Å². The molecule has 3 heteroatoms. The van der Waals surface area contributed by atoms with Crippen molar-refractivity contribution in [3.63, 3.8) is 0 Å². The van der Waals surface area contributed by atoms with Gasteiger partial charge in [0.25, 0.3) is 0 Å². The number of aryl methyl sites for hydroxylation is 1. The van der Waals surface area contributed by atoms with Gasteiger partial charge >= 0.3 is 0 Å². The molecule has 0 saturated heterocycles. The van der Waals surface area contributed by atoms with Crippen molar-refractivity contribution in [2.75, 3.05) is 13.6 Å². The number of rotatable bonds is 3. The fourth-order valence-electron chi connectivity index (χ4n) is 1.30. The lowest BCUT2D eigenvalue weighted by molar-refractivity contribution is 0.366. The predicted octanol–water partition coefficient (Wildman–Crippen LogP) is 2.71. The molecule has 0 aliphatic heterocycles. The van der Waals surface area contributed by atoms with E-state index in [0.717, 1.165) is 11.0 Å². The summed E-state index contributed by atoms with van der Waals surface area (Å²) in [6, 6.07) is 8.35. The van der Waals surface area contributed by atoms with Gasteiger partial charge in [0, 0.05) is 11.0 Å². The SMILES string of the molecule is Cc1cc(Br)ccc1CN(C)CC#N. The molecule has 0 aromatic heterocycles. The van der Waals surface area contributed by atoms with Crippen molar-refractivity contribution in [1.29, 1.82) is 5.26 Å². The Labute approximate surface area is 93.3 Å². The lowest BCUT2D eigenvalue weighted by atomic mass is 10.1. The van der Waals surface area contributed by atoms with E-state index in [1.54, 1.807) is 0 Å². The number of hydrogen-bond acceptors (Lipinski definition) is 2. The zero-order valence-electron chi connectivity index (χ0n) is 8.42. The largest absolute Gasteiger partial charge is 0.289 e. The molecule has 0 bridgehead atoms. The molecule has 0 radical (unpaired) electrons. The van der Waals surface area contributed by atoms with Crippen molar-refractivity contribution in [2.45, 2.75) is 13.5 Å². The van der Waals surface area contributed by atoms with E-state index >= 15 is 0 Å². The minimum absolute atomic E-state index is 0.468. The highest BCUT2D eigenvalue weighted by Crippen LogP contribution is 2.16. The van der Waals surface area contributed by atoms with Crippen molar-refractivity contribution in [3.8, 4) is 6.07 Å². The van der Waals surface area contributed by atoms with E-state index in [1.165, 1.54) is 11.1 Å². The molecule has 2 nitrogen and oxygen atoms in total. The van der Waals surface area contributed by atoms with Crippen LogP contribution >= 0.6 is 15.9 Å². The fraction of sp³-hybridized carbons (Fsp3) is 0.364. The van der Waals surface area contributed by atoms with Crippen LogP contribution in [0.5, 0.6) is 0 Å². The van der Waals surface area contributed by atoms with E-state index in [0.29, 0.717) is 6.54 Å². The van der Waals surface area contributed by atoms with Gasteiger partial charge in [-0.2, -0.15) is 5.26 Å². The minimum atomic E-state index is 0.468. The van der Waals surface area contributed by atoms with E-state index in [2.05, 4.69) is 41.1 Å². The summed E-state index contributed by atoms with van der Waals surface area (Å²) in [6.07, 6.45) is 0. The van der Waals surface area contributed by atoms with E-state index in [-0.39, 0.29) is 0 Å². The molecular formula is C11H13BrN2. The summed E-state index contributed by atoms with van der Waals surface area (Å²) in [7, 11) is 1.95. The van der Waals surface area contributed by atoms with Gasteiger partial charge in [0.15, 0.2) is 0 Å². The summed E-state index contributed by atoms with van der Waals surface area (Å²) in [6.45, 7) is 3.38. The molecule has 74 valence electrons. The average Bonchev–Trinajstić information content (AvgIpc) is 2.10. The molecule has 14 heavy (non-hydrogen) atoms. The quantitative estimate of drug-likeness (QED) is 0.774.